The molecular formula is C18H25N3O6. The SMILES string of the molecule is CC(C)C1CC(N)CCO1.O=C(O)/C=C/C(=O)Nc1cccc([N+](=O)[O-])c1. The van der Waals surface area contributed by atoms with Crippen LogP contribution in [0.25, 0.3) is 0 Å². The Morgan fingerprint density at radius 3 is 2.63 bits per heavy atom. The van der Waals surface area contributed by atoms with Gasteiger partial charge < -0.3 is 20.9 Å². The van der Waals surface area contributed by atoms with Gasteiger partial charge in [0.05, 0.1) is 11.0 Å². The molecule has 0 aromatic heterocycles. The zero-order valence-electron chi connectivity index (χ0n) is 15.3. The second-order valence-corrected chi connectivity index (χ2v) is 6.41. The van der Waals surface area contributed by atoms with Crippen molar-refractivity contribution in [1.29, 1.82) is 0 Å². The van der Waals surface area contributed by atoms with Gasteiger partial charge in [0.1, 0.15) is 0 Å². The van der Waals surface area contributed by atoms with E-state index in [9.17, 15) is 19.7 Å². The summed E-state index contributed by atoms with van der Waals surface area (Å²) in [6.07, 6.45) is 3.97. The standard InChI is InChI=1S/C10H8N2O5.C8H17NO/c13-9(4-5-10(14)15)11-7-2-1-3-8(6-7)12(16)17;1-6(2)8-5-7(9)3-4-10-8/h1-6H,(H,11,13)(H,14,15);6-8H,3-5,9H2,1-2H3/b5-4+;. The number of rotatable bonds is 5. The number of hydrogen-bond acceptors (Lipinski definition) is 6. The Hall–Kier alpha value is -2.78. The van der Waals surface area contributed by atoms with E-state index in [1.807, 2.05) is 0 Å². The Morgan fingerprint density at radius 2 is 2.11 bits per heavy atom. The lowest BCUT2D eigenvalue weighted by atomic mass is 9.96. The minimum Gasteiger partial charge on any atom is -0.478 e. The molecule has 0 aliphatic carbocycles. The summed E-state index contributed by atoms with van der Waals surface area (Å²) < 4.78 is 5.53. The molecule has 1 saturated heterocycles. The van der Waals surface area contributed by atoms with Crippen LogP contribution in [0.3, 0.4) is 0 Å². The monoisotopic (exact) mass is 379 g/mol. The first kappa shape index (κ1) is 22.3. The molecule has 1 heterocycles. The topological polar surface area (TPSA) is 145 Å². The molecular weight excluding hydrogens is 354 g/mol. The predicted molar refractivity (Wildman–Crippen MR) is 100 cm³/mol. The summed E-state index contributed by atoms with van der Waals surface area (Å²) in [5.74, 6) is -1.31. The molecule has 1 aliphatic heterocycles. The molecule has 0 spiro atoms. The van der Waals surface area contributed by atoms with E-state index in [0.717, 1.165) is 25.5 Å². The van der Waals surface area contributed by atoms with Crippen molar-refractivity contribution in [2.24, 2.45) is 11.7 Å². The summed E-state index contributed by atoms with van der Waals surface area (Å²) in [5, 5.41) is 21.0. The number of amides is 1. The number of nitrogens with two attached hydrogens (primary N) is 1. The second kappa shape index (κ2) is 11.0. The van der Waals surface area contributed by atoms with Crippen molar-refractivity contribution in [3.8, 4) is 0 Å². The molecule has 0 saturated carbocycles. The molecule has 1 fully saturated rings. The number of nitro benzene ring substituents is 1. The van der Waals surface area contributed by atoms with E-state index >= 15 is 0 Å². The highest BCUT2D eigenvalue weighted by atomic mass is 16.6. The molecule has 9 nitrogen and oxygen atoms in total. The predicted octanol–water partition coefficient (Wildman–Crippen LogP) is 2.32. The molecule has 0 radical (unpaired) electrons. The average molecular weight is 379 g/mol. The third kappa shape index (κ3) is 8.93. The number of nitrogens with zero attached hydrogens (tertiary/aromatic N) is 1. The van der Waals surface area contributed by atoms with E-state index in [2.05, 4.69) is 19.2 Å². The Labute approximate surface area is 157 Å². The number of benzene rings is 1. The van der Waals surface area contributed by atoms with Gasteiger partial charge >= 0.3 is 5.97 Å². The highest BCUT2D eigenvalue weighted by Gasteiger charge is 2.21. The number of carboxylic acid groups (broad SMARTS) is 1. The van der Waals surface area contributed by atoms with Crippen LogP contribution in [0.5, 0.6) is 0 Å². The van der Waals surface area contributed by atoms with Crippen molar-refractivity contribution in [2.75, 3.05) is 11.9 Å². The number of anilines is 1. The molecule has 0 bridgehead atoms. The minimum absolute atomic E-state index is 0.162. The van der Waals surface area contributed by atoms with Gasteiger partial charge in [0.2, 0.25) is 5.91 Å². The second-order valence-electron chi connectivity index (χ2n) is 6.41. The Balaban J connectivity index is 0.000000309. The van der Waals surface area contributed by atoms with Gasteiger partial charge in [-0.2, -0.15) is 0 Å². The van der Waals surface area contributed by atoms with Crippen LogP contribution in [0.4, 0.5) is 11.4 Å². The van der Waals surface area contributed by atoms with Crippen LogP contribution in [0, 0.1) is 16.0 Å². The van der Waals surface area contributed by atoms with Crippen molar-refractivity contribution in [3.63, 3.8) is 0 Å². The summed E-state index contributed by atoms with van der Waals surface area (Å²) in [7, 11) is 0. The van der Waals surface area contributed by atoms with Gasteiger partial charge in [-0.1, -0.05) is 19.9 Å². The van der Waals surface area contributed by atoms with E-state index in [4.69, 9.17) is 15.6 Å². The molecule has 4 N–H and O–H groups in total. The molecule has 9 heteroatoms. The lowest BCUT2D eigenvalue weighted by Crippen LogP contribution is -2.37. The first-order valence-electron chi connectivity index (χ1n) is 8.52. The number of ether oxygens (including phenoxy) is 1. The quantitative estimate of drug-likeness (QED) is 0.404. The maximum absolute atomic E-state index is 11.2. The highest BCUT2D eigenvalue weighted by Crippen LogP contribution is 2.18. The van der Waals surface area contributed by atoms with E-state index in [-0.39, 0.29) is 11.4 Å². The molecule has 1 aromatic carbocycles. The fourth-order valence-corrected chi connectivity index (χ4v) is 2.35. The van der Waals surface area contributed by atoms with Crippen molar-refractivity contribution in [2.45, 2.75) is 38.8 Å². The maximum Gasteiger partial charge on any atom is 0.328 e. The third-order valence-corrected chi connectivity index (χ3v) is 3.80. The number of nitrogens with one attached hydrogen (secondary N) is 1. The molecule has 1 amide bonds. The summed E-state index contributed by atoms with van der Waals surface area (Å²) >= 11 is 0. The molecule has 2 unspecified atom stereocenters. The molecule has 1 aromatic rings. The van der Waals surface area contributed by atoms with E-state index < -0.39 is 16.8 Å². The number of carbonyl (C=O) groups excluding carboxylic acids is 1. The first-order valence-corrected chi connectivity index (χ1v) is 8.52. The van der Waals surface area contributed by atoms with Crippen molar-refractivity contribution < 1.29 is 24.4 Å². The lowest BCUT2D eigenvalue weighted by Gasteiger charge is -2.29. The summed E-state index contributed by atoms with van der Waals surface area (Å²) in [4.78, 5) is 31.2. The van der Waals surface area contributed by atoms with Crippen LogP contribution in [-0.4, -0.2) is 40.7 Å². The Morgan fingerprint density at radius 1 is 1.41 bits per heavy atom. The van der Waals surface area contributed by atoms with Crippen LogP contribution in [0.2, 0.25) is 0 Å². The van der Waals surface area contributed by atoms with Gasteiger partial charge in [-0.25, -0.2) is 4.79 Å². The van der Waals surface area contributed by atoms with Crippen LogP contribution in [0.1, 0.15) is 26.7 Å². The fraction of sp³-hybridized carbons (Fsp3) is 0.444. The van der Waals surface area contributed by atoms with Crippen molar-refractivity contribution >= 4 is 23.3 Å². The zero-order valence-corrected chi connectivity index (χ0v) is 15.3. The number of carbonyl (C=O) groups is 2. The maximum atomic E-state index is 11.2. The minimum atomic E-state index is -1.25. The Kier molecular flexibility index (Phi) is 9.11. The van der Waals surface area contributed by atoms with Crippen molar-refractivity contribution in [3.05, 3.63) is 46.5 Å². The number of nitro groups is 1. The number of hydrogen-bond donors (Lipinski definition) is 3. The molecule has 2 rings (SSSR count). The largest absolute Gasteiger partial charge is 0.478 e. The molecule has 1 aliphatic rings. The van der Waals surface area contributed by atoms with Gasteiger partial charge in [-0.05, 0) is 24.8 Å². The van der Waals surface area contributed by atoms with Gasteiger partial charge in [-0.15, -0.1) is 0 Å². The average Bonchev–Trinajstić information content (AvgIpc) is 2.60. The molecule has 2 atom stereocenters. The highest BCUT2D eigenvalue weighted by molar-refractivity contribution is 6.02. The van der Waals surface area contributed by atoms with Gasteiger partial charge in [-0.3, -0.25) is 14.9 Å². The van der Waals surface area contributed by atoms with Gasteiger partial charge in [0.15, 0.2) is 0 Å². The number of aliphatic carboxylic acids is 1. The normalized spacial score (nSPS) is 19.3. The zero-order chi connectivity index (χ0) is 20.4. The fourth-order valence-electron chi connectivity index (χ4n) is 2.35. The smallest absolute Gasteiger partial charge is 0.328 e. The van der Waals surface area contributed by atoms with Crippen molar-refractivity contribution in [1.82, 2.24) is 0 Å². The van der Waals surface area contributed by atoms with Crippen LogP contribution < -0.4 is 11.1 Å². The third-order valence-electron chi connectivity index (χ3n) is 3.80. The van der Waals surface area contributed by atoms with E-state index in [0.29, 0.717) is 24.1 Å². The van der Waals surface area contributed by atoms with Crippen LogP contribution >= 0.6 is 0 Å². The first-order chi connectivity index (χ1) is 12.7. The summed E-state index contributed by atoms with van der Waals surface area (Å²) in [6, 6.07) is 5.70. The van der Waals surface area contributed by atoms with Gasteiger partial charge in [0.25, 0.3) is 5.69 Å². The summed E-state index contributed by atoms with van der Waals surface area (Å²) in [6.45, 7) is 5.22. The van der Waals surface area contributed by atoms with Gasteiger partial charge in [0, 0.05) is 42.6 Å². The summed E-state index contributed by atoms with van der Waals surface area (Å²) in [5.41, 5.74) is 5.84. The van der Waals surface area contributed by atoms with Crippen LogP contribution in [-0.2, 0) is 14.3 Å². The molecule has 27 heavy (non-hydrogen) atoms. The lowest BCUT2D eigenvalue weighted by molar-refractivity contribution is -0.384. The number of carboxylic acids is 1. The molecule has 148 valence electrons. The Bertz CT molecular complexity index is 689. The van der Waals surface area contributed by atoms with E-state index in [1.165, 1.54) is 24.3 Å². The van der Waals surface area contributed by atoms with Crippen LogP contribution in [0.15, 0.2) is 36.4 Å². The van der Waals surface area contributed by atoms with E-state index in [1.54, 1.807) is 0 Å². The number of non-ortho nitro benzene ring substituents is 1.